The van der Waals surface area contributed by atoms with E-state index in [0.717, 1.165) is 24.7 Å². The molecule has 2 aromatic rings. The smallest absolute Gasteiger partial charge is 0.311 e. The Morgan fingerprint density at radius 1 is 1.19 bits per heavy atom. The molecule has 2 heterocycles. The molecule has 4 nitrogen and oxygen atoms in total. The lowest BCUT2D eigenvalue weighted by Gasteiger charge is -2.06. The van der Waals surface area contributed by atoms with Gasteiger partial charge in [-0.1, -0.05) is 13.0 Å². The van der Waals surface area contributed by atoms with E-state index in [-0.39, 0.29) is 6.54 Å². The van der Waals surface area contributed by atoms with E-state index in [1.807, 2.05) is 12.1 Å². The largest absolute Gasteiger partial charge is 0.435 e. The zero-order chi connectivity index (χ0) is 15.3. The topological polar surface area (TPSA) is 42.7 Å². The summed E-state index contributed by atoms with van der Waals surface area (Å²) in [7, 11) is 0. The van der Waals surface area contributed by atoms with Gasteiger partial charge in [0.2, 0.25) is 0 Å². The third-order valence-corrected chi connectivity index (χ3v) is 2.85. The number of hydrogen-bond acceptors (Lipinski definition) is 3. The summed E-state index contributed by atoms with van der Waals surface area (Å²) in [5, 5.41) is 6.75. The molecule has 0 aliphatic heterocycles. The summed E-state index contributed by atoms with van der Waals surface area (Å²) in [4.78, 5) is 4.41. The second-order valence-electron chi connectivity index (χ2n) is 4.69. The highest BCUT2D eigenvalue weighted by atomic mass is 19.4. The van der Waals surface area contributed by atoms with Gasteiger partial charge in [-0.15, -0.1) is 0 Å². The second kappa shape index (κ2) is 6.71. The van der Waals surface area contributed by atoms with Gasteiger partial charge in [-0.3, -0.25) is 9.67 Å². The monoisotopic (exact) mass is 298 g/mol. The second-order valence-corrected chi connectivity index (χ2v) is 4.69. The summed E-state index contributed by atoms with van der Waals surface area (Å²) in [6.45, 7) is 3.85. The number of alkyl halides is 3. The number of halogens is 3. The Balaban J connectivity index is 2.02. The first-order valence-electron chi connectivity index (χ1n) is 6.75. The molecule has 0 aromatic carbocycles. The predicted molar refractivity (Wildman–Crippen MR) is 72.6 cm³/mol. The third kappa shape index (κ3) is 4.56. The zero-order valence-corrected chi connectivity index (χ0v) is 11.7. The molecule has 0 bridgehead atoms. The van der Waals surface area contributed by atoms with Gasteiger partial charge >= 0.3 is 6.18 Å². The zero-order valence-electron chi connectivity index (χ0n) is 11.7. The molecule has 0 aliphatic rings. The predicted octanol–water partition coefficient (Wildman–Crippen LogP) is 2.84. The van der Waals surface area contributed by atoms with Gasteiger partial charge in [-0.05, 0) is 31.2 Å². The van der Waals surface area contributed by atoms with Crippen molar-refractivity contribution in [1.29, 1.82) is 0 Å². The minimum Gasteiger partial charge on any atom is -0.311 e. The SMILES string of the molecule is CCCNCc1cccc(Cn2ccc(C(F)(F)F)n2)n1. The lowest BCUT2D eigenvalue weighted by Crippen LogP contribution is -2.15. The Morgan fingerprint density at radius 3 is 2.62 bits per heavy atom. The number of hydrogen-bond donors (Lipinski definition) is 1. The van der Waals surface area contributed by atoms with E-state index in [9.17, 15) is 13.2 Å². The van der Waals surface area contributed by atoms with Crippen LogP contribution >= 0.6 is 0 Å². The normalized spacial score (nSPS) is 11.8. The number of nitrogens with one attached hydrogen (secondary N) is 1. The minimum atomic E-state index is -4.41. The van der Waals surface area contributed by atoms with Crippen molar-refractivity contribution in [2.75, 3.05) is 6.54 Å². The average molecular weight is 298 g/mol. The number of rotatable bonds is 6. The maximum absolute atomic E-state index is 12.5. The highest BCUT2D eigenvalue weighted by molar-refractivity contribution is 5.12. The summed E-state index contributed by atoms with van der Waals surface area (Å²) in [6.07, 6.45) is -2.07. The number of aromatic nitrogens is 3. The first-order chi connectivity index (χ1) is 9.99. The summed E-state index contributed by atoms with van der Waals surface area (Å²) in [6, 6.07) is 6.47. The molecule has 0 unspecified atom stereocenters. The highest BCUT2D eigenvalue weighted by Crippen LogP contribution is 2.27. The Kier molecular flexibility index (Phi) is 4.95. The minimum absolute atomic E-state index is 0.220. The van der Waals surface area contributed by atoms with Crippen molar-refractivity contribution in [1.82, 2.24) is 20.1 Å². The van der Waals surface area contributed by atoms with Gasteiger partial charge < -0.3 is 5.32 Å². The first kappa shape index (κ1) is 15.5. The van der Waals surface area contributed by atoms with Crippen LogP contribution in [0.15, 0.2) is 30.5 Å². The summed E-state index contributed by atoms with van der Waals surface area (Å²) in [5.74, 6) is 0. The fraction of sp³-hybridized carbons (Fsp3) is 0.429. The first-order valence-corrected chi connectivity index (χ1v) is 6.75. The van der Waals surface area contributed by atoms with Crippen LogP contribution in [-0.4, -0.2) is 21.3 Å². The van der Waals surface area contributed by atoms with E-state index in [2.05, 4.69) is 22.3 Å². The number of nitrogens with zero attached hydrogens (tertiary/aromatic N) is 3. The molecule has 0 spiro atoms. The Labute approximate surface area is 121 Å². The van der Waals surface area contributed by atoms with E-state index < -0.39 is 11.9 Å². The van der Waals surface area contributed by atoms with Crippen LogP contribution in [0.5, 0.6) is 0 Å². The van der Waals surface area contributed by atoms with Crippen LogP contribution in [0.1, 0.15) is 30.4 Å². The quantitative estimate of drug-likeness (QED) is 0.834. The Hall–Kier alpha value is -1.89. The molecule has 0 saturated carbocycles. The van der Waals surface area contributed by atoms with E-state index in [1.165, 1.54) is 10.9 Å². The van der Waals surface area contributed by atoms with Crippen LogP contribution in [0.25, 0.3) is 0 Å². The molecular formula is C14H17F3N4. The van der Waals surface area contributed by atoms with Gasteiger partial charge in [-0.25, -0.2) is 0 Å². The van der Waals surface area contributed by atoms with E-state index in [4.69, 9.17) is 0 Å². The van der Waals surface area contributed by atoms with Crippen molar-refractivity contribution < 1.29 is 13.2 Å². The lowest BCUT2D eigenvalue weighted by atomic mass is 10.3. The molecule has 2 aromatic heterocycles. The third-order valence-electron chi connectivity index (χ3n) is 2.85. The van der Waals surface area contributed by atoms with Crippen molar-refractivity contribution in [2.45, 2.75) is 32.6 Å². The van der Waals surface area contributed by atoms with E-state index in [1.54, 1.807) is 6.07 Å². The van der Waals surface area contributed by atoms with Crippen molar-refractivity contribution >= 4 is 0 Å². The fourth-order valence-electron chi connectivity index (χ4n) is 1.88. The average Bonchev–Trinajstić information content (AvgIpc) is 2.88. The molecule has 0 aliphatic carbocycles. The van der Waals surface area contributed by atoms with E-state index in [0.29, 0.717) is 12.2 Å². The van der Waals surface area contributed by atoms with Crippen LogP contribution in [0, 0.1) is 0 Å². The van der Waals surface area contributed by atoms with Crippen LogP contribution in [-0.2, 0) is 19.3 Å². The molecule has 1 N–H and O–H groups in total. The van der Waals surface area contributed by atoms with Gasteiger partial charge in [0, 0.05) is 12.7 Å². The molecule has 0 fully saturated rings. The van der Waals surface area contributed by atoms with E-state index >= 15 is 0 Å². The van der Waals surface area contributed by atoms with Crippen molar-refractivity contribution in [2.24, 2.45) is 0 Å². The summed E-state index contributed by atoms with van der Waals surface area (Å²) < 4.78 is 38.7. The van der Waals surface area contributed by atoms with Crippen LogP contribution < -0.4 is 5.32 Å². The molecule has 2 rings (SSSR count). The maximum atomic E-state index is 12.5. The number of pyridine rings is 1. The Morgan fingerprint density at radius 2 is 1.95 bits per heavy atom. The van der Waals surface area contributed by atoms with Crippen molar-refractivity contribution in [3.8, 4) is 0 Å². The van der Waals surface area contributed by atoms with Gasteiger partial charge in [0.25, 0.3) is 0 Å². The molecule has 21 heavy (non-hydrogen) atoms. The molecule has 0 atom stereocenters. The van der Waals surface area contributed by atoms with Crippen molar-refractivity contribution in [3.05, 3.63) is 47.5 Å². The van der Waals surface area contributed by atoms with Crippen LogP contribution in [0.3, 0.4) is 0 Å². The van der Waals surface area contributed by atoms with Gasteiger partial charge in [-0.2, -0.15) is 18.3 Å². The van der Waals surface area contributed by atoms with Crippen molar-refractivity contribution in [3.63, 3.8) is 0 Å². The molecule has 114 valence electrons. The summed E-state index contributed by atoms with van der Waals surface area (Å²) >= 11 is 0. The van der Waals surface area contributed by atoms with Gasteiger partial charge in [0.05, 0.1) is 17.9 Å². The molecule has 0 radical (unpaired) electrons. The maximum Gasteiger partial charge on any atom is 0.435 e. The molecular weight excluding hydrogens is 281 g/mol. The van der Waals surface area contributed by atoms with Gasteiger partial charge in [0.1, 0.15) is 0 Å². The van der Waals surface area contributed by atoms with Crippen LogP contribution in [0.2, 0.25) is 0 Å². The van der Waals surface area contributed by atoms with Gasteiger partial charge in [0.15, 0.2) is 5.69 Å². The molecule has 0 saturated heterocycles. The highest BCUT2D eigenvalue weighted by Gasteiger charge is 2.33. The standard InChI is InChI=1S/C14H17F3N4/c1-2-7-18-9-11-4-3-5-12(19-11)10-21-8-6-13(20-21)14(15,16)17/h3-6,8,18H,2,7,9-10H2,1H3. The fourth-order valence-corrected chi connectivity index (χ4v) is 1.88. The molecule has 0 amide bonds. The molecule has 7 heteroatoms. The van der Waals surface area contributed by atoms with Crippen LogP contribution in [0.4, 0.5) is 13.2 Å². The Bertz CT molecular complexity index is 578. The summed E-state index contributed by atoms with van der Waals surface area (Å²) in [5.41, 5.74) is 0.662. The lowest BCUT2D eigenvalue weighted by molar-refractivity contribution is -0.141.